The van der Waals surface area contributed by atoms with Crippen LogP contribution in [0.2, 0.25) is 0 Å². The van der Waals surface area contributed by atoms with Crippen molar-refractivity contribution in [1.29, 1.82) is 0 Å². The zero-order valence-electron chi connectivity index (χ0n) is 11.2. The van der Waals surface area contributed by atoms with Crippen LogP contribution in [0.1, 0.15) is 15.9 Å². The highest BCUT2D eigenvalue weighted by Gasteiger charge is 2.13. The van der Waals surface area contributed by atoms with Gasteiger partial charge < -0.3 is 15.8 Å². The average molecular weight is 274 g/mol. The smallest absolute Gasteiger partial charge is 0.258 e. The summed E-state index contributed by atoms with van der Waals surface area (Å²) in [4.78, 5) is 12.1. The van der Waals surface area contributed by atoms with Gasteiger partial charge in [0.2, 0.25) is 0 Å². The van der Waals surface area contributed by atoms with Gasteiger partial charge in [0.05, 0.1) is 24.0 Å². The topological polar surface area (TPSA) is 64.3 Å². The quantitative estimate of drug-likeness (QED) is 0.846. The molecule has 0 aliphatic heterocycles. The van der Waals surface area contributed by atoms with Gasteiger partial charge in [0.1, 0.15) is 11.6 Å². The number of halogens is 1. The molecular weight excluding hydrogens is 259 g/mol. The lowest BCUT2D eigenvalue weighted by molar-refractivity contribution is 0.102. The molecule has 2 aromatic carbocycles. The number of carbonyl (C=O) groups excluding carboxylic acids is 1. The molecule has 20 heavy (non-hydrogen) atoms. The van der Waals surface area contributed by atoms with Crippen LogP contribution in [0.25, 0.3) is 0 Å². The molecular formula is C15H15FN2O2. The summed E-state index contributed by atoms with van der Waals surface area (Å²) in [5.41, 5.74) is 7.36. The second kappa shape index (κ2) is 5.61. The lowest BCUT2D eigenvalue weighted by Crippen LogP contribution is -2.15. The Morgan fingerprint density at radius 3 is 2.65 bits per heavy atom. The van der Waals surface area contributed by atoms with Gasteiger partial charge in [0.25, 0.3) is 5.91 Å². The maximum Gasteiger partial charge on any atom is 0.258 e. The summed E-state index contributed by atoms with van der Waals surface area (Å²) in [6, 6.07) is 9.22. The highest BCUT2D eigenvalue weighted by molar-refractivity contribution is 6.06. The summed E-state index contributed by atoms with van der Waals surface area (Å²) in [7, 11) is 1.52. The zero-order chi connectivity index (χ0) is 14.7. The molecule has 0 aliphatic carbocycles. The Morgan fingerprint density at radius 2 is 2.00 bits per heavy atom. The maximum absolute atomic E-state index is 13.6. The van der Waals surface area contributed by atoms with E-state index in [0.29, 0.717) is 17.1 Å². The molecule has 2 rings (SSSR count). The molecule has 0 bridgehead atoms. The largest absolute Gasteiger partial charge is 0.497 e. The highest BCUT2D eigenvalue weighted by atomic mass is 19.1. The molecule has 1 amide bonds. The zero-order valence-corrected chi connectivity index (χ0v) is 11.2. The molecule has 0 spiro atoms. The predicted molar refractivity (Wildman–Crippen MR) is 76.5 cm³/mol. The first-order valence-electron chi connectivity index (χ1n) is 6.02. The molecule has 0 aliphatic rings. The average Bonchev–Trinajstić information content (AvgIpc) is 2.43. The van der Waals surface area contributed by atoms with Gasteiger partial charge in [-0.15, -0.1) is 0 Å². The van der Waals surface area contributed by atoms with Crippen LogP contribution in [0.15, 0.2) is 36.4 Å². The summed E-state index contributed by atoms with van der Waals surface area (Å²) in [6.07, 6.45) is 0. The van der Waals surface area contributed by atoms with Crippen LogP contribution in [0.5, 0.6) is 5.75 Å². The van der Waals surface area contributed by atoms with E-state index in [2.05, 4.69) is 5.32 Å². The Bertz CT molecular complexity index is 656. The van der Waals surface area contributed by atoms with Gasteiger partial charge in [-0.2, -0.15) is 0 Å². The first-order chi connectivity index (χ1) is 9.51. The number of carbonyl (C=O) groups is 1. The van der Waals surface area contributed by atoms with Crippen LogP contribution in [-0.4, -0.2) is 13.0 Å². The number of aryl methyl sites for hydroxylation is 1. The monoisotopic (exact) mass is 274 g/mol. The van der Waals surface area contributed by atoms with Crippen LogP contribution >= 0.6 is 0 Å². The summed E-state index contributed by atoms with van der Waals surface area (Å²) in [5, 5.41) is 2.59. The van der Waals surface area contributed by atoms with Crippen molar-refractivity contribution in [3.63, 3.8) is 0 Å². The van der Waals surface area contributed by atoms with Crippen LogP contribution < -0.4 is 15.8 Å². The molecule has 0 aromatic heterocycles. The Balaban J connectivity index is 2.25. The van der Waals surface area contributed by atoms with Crippen molar-refractivity contribution in [2.24, 2.45) is 0 Å². The number of methoxy groups -OCH3 is 1. The van der Waals surface area contributed by atoms with Crippen molar-refractivity contribution in [3.05, 3.63) is 53.3 Å². The summed E-state index contributed by atoms with van der Waals surface area (Å²) in [6.45, 7) is 1.79. The Hall–Kier alpha value is -2.56. The van der Waals surface area contributed by atoms with Crippen LogP contribution in [0.3, 0.4) is 0 Å². The van der Waals surface area contributed by atoms with Crippen LogP contribution in [0, 0.1) is 12.7 Å². The number of rotatable bonds is 3. The molecule has 0 unspecified atom stereocenters. The van der Waals surface area contributed by atoms with Gasteiger partial charge in [-0.05, 0) is 31.2 Å². The maximum atomic E-state index is 13.6. The first kappa shape index (κ1) is 13.9. The Kier molecular flexibility index (Phi) is 3.89. The third-order valence-corrected chi connectivity index (χ3v) is 2.87. The molecule has 0 heterocycles. The minimum atomic E-state index is -0.569. The lowest BCUT2D eigenvalue weighted by Gasteiger charge is -2.10. The van der Waals surface area contributed by atoms with E-state index in [4.69, 9.17) is 10.5 Å². The van der Waals surface area contributed by atoms with Crippen molar-refractivity contribution in [3.8, 4) is 5.75 Å². The van der Waals surface area contributed by atoms with Crippen molar-refractivity contribution in [2.75, 3.05) is 18.2 Å². The molecule has 0 saturated heterocycles. The first-order valence-corrected chi connectivity index (χ1v) is 6.02. The predicted octanol–water partition coefficient (Wildman–Crippen LogP) is 2.98. The number of anilines is 2. The van der Waals surface area contributed by atoms with E-state index >= 15 is 0 Å². The van der Waals surface area contributed by atoms with Crippen molar-refractivity contribution >= 4 is 17.3 Å². The fourth-order valence-electron chi connectivity index (χ4n) is 1.78. The molecule has 0 radical (unpaired) electrons. The van der Waals surface area contributed by atoms with Crippen molar-refractivity contribution in [2.45, 2.75) is 6.92 Å². The minimum absolute atomic E-state index is 0.0137. The summed E-state index contributed by atoms with van der Waals surface area (Å²) < 4.78 is 18.7. The van der Waals surface area contributed by atoms with Gasteiger partial charge in [-0.3, -0.25) is 4.79 Å². The standard InChI is InChI=1S/C15H15FN2O2/c1-9-3-5-12(16)11(7-9)15(19)18-14-6-4-10(20-2)8-13(14)17/h3-8H,17H2,1-2H3,(H,18,19). The van der Waals surface area contributed by atoms with Gasteiger partial charge in [-0.25, -0.2) is 4.39 Å². The molecule has 5 heteroatoms. The third-order valence-electron chi connectivity index (χ3n) is 2.87. The van der Waals surface area contributed by atoms with E-state index in [1.165, 1.54) is 19.2 Å². The van der Waals surface area contributed by atoms with Gasteiger partial charge >= 0.3 is 0 Å². The SMILES string of the molecule is COc1ccc(NC(=O)c2cc(C)ccc2F)c(N)c1. The van der Waals surface area contributed by atoms with E-state index in [1.54, 1.807) is 31.2 Å². The van der Waals surface area contributed by atoms with E-state index in [9.17, 15) is 9.18 Å². The van der Waals surface area contributed by atoms with Gasteiger partial charge in [0, 0.05) is 6.07 Å². The number of nitrogens with two attached hydrogens (primary N) is 1. The number of hydrogen-bond acceptors (Lipinski definition) is 3. The molecule has 104 valence electrons. The minimum Gasteiger partial charge on any atom is -0.497 e. The number of hydrogen-bond donors (Lipinski definition) is 2. The van der Waals surface area contributed by atoms with E-state index in [0.717, 1.165) is 5.56 Å². The molecule has 2 aromatic rings. The van der Waals surface area contributed by atoms with Gasteiger partial charge in [0.15, 0.2) is 0 Å². The molecule has 0 atom stereocenters. The fourth-order valence-corrected chi connectivity index (χ4v) is 1.78. The normalized spacial score (nSPS) is 10.2. The van der Waals surface area contributed by atoms with Crippen LogP contribution in [0.4, 0.5) is 15.8 Å². The van der Waals surface area contributed by atoms with Crippen molar-refractivity contribution in [1.82, 2.24) is 0 Å². The molecule has 4 nitrogen and oxygen atoms in total. The molecule has 0 fully saturated rings. The highest BCUT2D eigenvalue weighted by Crippen LogP contribution is 2.24. The number of amides is 1. The Morgan fingerprint density at radius 1 is 1.25 bits per heavy atom. The van der Waals surface area contributed by atoms with Gasteiger partial charge in [-0.1, -0.05) is 11.6 Å². The lowest BCUT2D eigenvalue weighted by atomic mass is 10.1. The molecule has 0 saturated carbocycles. The number of ether oxygens (including phenoxy) is 1. The Labute approximate surface area is 116 Å². The molecule has 3 N–H and O–H groups in total. The van der Waals surface area contributed by atoms with E-state index in [1.807, 2.05) is 0 Å². The van der Waals surface area contributed by atoms with Crippen molar-refractivity contribution < 1.29 is 13.9 Å². The second-order valence-corrected chi connectivity index (χ2v) is 4.39. The number of nitrogen functional groups attached to an aromatic ring is 1. The number of benzene rings is 2. The number of nitrogens with one attached hydrogen (secondary N) is 1. The summed E-state index contributed by atoms with van der Waals surface area (Å²) >= 11 is 0. The van der Waals surface area contributed by atoms with Crippen LogP contribution in [-0.2, 0) is 0 Å². The van der Waals surface area contributed by atoms with E-state index in [-0.39, 0.29) is 5.56 Å². The fraction of sp³-hybridized carbons (Fsp3) is 0.133. The second-order valence-electron chi connectivity index (χ2n) is 4.39. The van der Waals surface area contributed by atoms with E-state index < -0.39 is 11.7 Å². The third kappa shape index (κ3) is 2.88. The summed E-state index contributed by atoms with van der Waals surface area (Å²) in [5.74, 6) is -0.523.